The lowest BCUT2D eigenvalue weighted by Gasteiger charge is -2.39. The number of carbonyl (C=O) groups excluding carboxylic acids is 1. The number of aromatic nitrogens is 1. The third-order valence-electron chi connectivity index (χ3n) is 4.83. The molecule has 0 aliphatic carbocycles. The number of carbonyl (C=O) groups is 1. The van der Waals surface area contributed by atoms with Gasteiger partial charge in [0.15, 0.2) is 0 Å². The zero-order valence-corrected chi connectivity index (χ0v) is 15.1. The molecule has 0 bridgehead atoms. The van der Waals surface area contributed by atoms with Crippen LogP contribution >= 0.6 is 0 Å². The van der Waals surface area contributed by atoms with Crippen LogP contribution in [0.3, 0.4) is 0 Å². The number of piperidine rings is 1. The molecule has 1 fully saturated rings. The van der Waals surface area contributed by atoms with Crippen molar-refractivity contribution < 1.29 is 18.0 Å². The normalized spacial score (nSPS) is 15.6. The molecule has 0 radical (unpaired) electrons. The van der Waals surface area contributed by atoms with E-state index in [2.05, 4.69) is 4.98 Å². The van der Waals surface area contributed by atoms with Crippen molar-refractivity contribution in [3.8, 4) is 0 Å². The number of nitrogens with zero attached hydrogens (tertiary/aromatic N) is 3. The zero-order valence-electron chi connectivity index (χ0n) is 15.1. The van der Waals surface area contributed by atoms with Gasteiger partial charge in [0.05, 0.1) is 5.56 Å². The lowest BCUT2D eigenvalue weighted by Crippen LogP contribution is -2.48. The Hall–Kier alpha value is -2.57. The second-order valence-corrected chi connectivity index (χ2v) is 6.54. The van der Waals surface area contributed by atoms with Crippen molar-refractivity contribution >= 4 is 17.4 Å². The van der Waals surface area contributed by atoms with Gasteiger partial charge in [-0.1, -0.05) is 25.1 Å². The van der Waals surface area contributed by atoms with E-state index in [4.69, 9.17) is 0 Å². The third kappa shape index (κ3) is 4.23. The van der Waals surface area contributed by atoms with E-state index in [0.717, 1.165) is 11.8 Å². The minimum atomic E-state index is -4.44. The second kappa shape index (κ2) is 7.98. The molecule has 0 N–H and O–H groups in total. The third-order valence-corrected chi connectivity index (χ3v) is 4.83. The number of halogens is 3. The number of amides is 1. The number of hydrogen-bond acceptors (Lipinski definition) is 3. The highest BCUT2D eigenvalue weighted by Gasteiger charge is 2.37. The lowest BCUT2D eigenvalue weighted by atomic mass is 10.0. The Labute approximate surface area is 156 Å². The summed E-state index contributed by atoms with van der Waals surface area (Å²) in [6.45, 7) is 2.66. The van der Waals surface area contributed by atoms with E-state index < -0.39 is 11.7 Å². The van der Waals surface area contributed by atoms with Gasteiger partial charge in [0.25, 0.3) is 0 Å². The van der Waals surface area contributed by atoms with E-state index in [1.165, 1.54) is 12.3 Å². The van der Waals surface area contributed by atoms with E-state index in [0.29, 0.717) is 32.4 Å². The van der Waals surface area contributed by atoms with Crippen LogP contribution in [0.4, 0.5) is 24.7 Å². The highest BCUT2D eigenvalue weighted by molar-refractivity contribution is 5.93. The van der Waals surface area contributed by atoms with E-state index in [1.54, 1.807) is 9.80 Å². The molecule has 27 heavy (non-hydrogen) atoms. The van der Waals surface area contributed by atoms with Gasteiger partial charge in [-0.25, -0.2) is 4.98 Å². The molecule has 3 rings (SSSR count). The topological polar surface area (TPSA) is 36.4 Å². The van der Waals surface area contributed by atoms with Gasteiger partial charge in [0, 0.05) is 37.4 Å². The van der Waals surface area contributed by atoms with Crippen LogP contribution in [0.1, 0.15) is 31.7 Å². The number of hydrogen-bond donors (Lipinski definition) is 0. The van der Waals surface area contributed by atoms with Gasteiger partial charge in [-0.3, -0.25) is 4.79 Å². The van der Waals surface area contributed by atoms with Crippen LogP contribution in [0.15, 0.2) is 48.7 Å². The highest BCUT2D eigenvalue weighted by Crippen LogP contribution is 2.36. The number of pyridine rings is 1. The summed E-state index contributed by atoms with van der Waals surface area (Å²) >= 11 is 0. The summed E-state index contributed by atoms with van der Waals surface area (Å²) < 4.78 is 39.8. The van der Waals surface area contributed by atoms with E-state index in [1.807, 2.05) is 37.3 Å². The number of para-hydroxylation sites is 1. The molecule has 2 heterocycles. The predicted octanol–water partition coefficient (Wildman–Crippen LogP) is 4.51. The Morgan fingerprint density at radius 1 is 1.15 bits per heavy atom. The SMILES string of the molecule is CCC(=O)N(c1ccccc1)C1CCN(c2ncccc2C(F)(F)F)CC1. The van der Waals surface area contributed by atoms with Crippen molar-refractivity contribution in [2.75, 3.05) is 22.9 Å². The van der Waals surface area contributed by atoms with E-state index in [9.17, 15) is 18.0 Å². The molecule has 2 aromatic rings. The summed E-state index contributed by atoms with van der Waals surface area (Å²) in [5.41, 5.74) is 0.115. The molecule has 0 saturated carbocycles. The van der Waals surface area contributed by atoms with E-state index in [-0.39, 0.29) is 17.8 Å². The van der Waals surface area contributed by atoms with Gasteiger partial charge in [-0.05, 0) is 37.1 Å². The Bertz CT molecular complexity index is 772. The van der Waals surface area contributed by atoms with Gasteiger partial charge >= 0.3 is 6.18 Å². The fraction of sp³-hybridized carbons (Fsp3) is 0.400. The van der Waals surface area contributed by atoms with Crippen LogP contribution in [0.25, 0.3) is 0 Å². The Kier molecular flexibility index (Phi) is 5.68. The molecule has 0 unspecified atom stereocenters. The Morgan fingerprint density at radius 3 is 2.41 bits per heavy atom. The largest absolute Gasteiger partial charge is 0.419 e. The number of rotatable bonds is 4. The van der Waals surface area contributed by atoms with Gasteiger partial charge in [0.2, 0.25) is 5.91 Å². The first-order chi connectivity index (χ1) is 12.9. The summed E-state index contributed by atoms with van der Waals surface area (Å²) in [5, 5.41) is 0. The number of benzene rings is 1. The van der Waals surface area contributed by atoms with Gasteiger partial charge in [0.1, 0.15) is 5.82 Å². The second-order valence-electron chi connectivity index (χ2n) is 6.54. The van der Waals surface area contributed by atoms with Gasteiger partial charge < -0.3 is 9.80 Å². The number of anilines is 2. The van der Waals surface area contributed by atoms with Crippen LogP contribution < -0.4 is 9.80 Å². The summed E-state index contributed by atoms with van der Waals surface area (Å²) in [7, 11) is 0. The summed E-state index contributed by atoms with van der Waals surface area (Å²) in [4.78, 5) is 19.9. The minimum Gasteiger partial charge on any atom is -0.356 e. The molecule has 1 aromatic carbocycles. The first-order valence-corrected chi connectivity index (χ1v) is 9.06. The maximum atomic E-state index is 13.3. The van der Waals surface area contributed by atoms with Crippen LogP contribution in [0, 0.1) is 0 Å². The van der Waals surface area contributed by atoms with Crippen molar-refractivity contribution in [3.63, 3.8) is 0 Å². The lowest BCUT2D eigenvalue weighted by molar-refractivity contribution is -0.137. The molecule has 1 aliphatic rings. The monoisotopic (exact) mass is 377 g/mol. The molecule has 7 heteroatoms. The zero-order chi connectivity index (χ0) is 19.4. The van der Waals surface area contributed by atoms with Crippen molar-refractivity contribution in [1.29, 1.82) is 0 Å². The van der Waals surface area contributed by atoms with Gasteiger partial charge in [-0.15, -0.1) is 0 Å². The highest BCUT2D eigenvalue weighted by atomic mass is 19.4. The predicted molar refractivity (Wildman–Crippen MR) is 98.7 cm³/mol. The molecular weight excluding hydrogens is 355 g/mol. The fourth-order valence-electron chi connectivity index (χ4n) is 3.52. The first-order valence-electron chi connectivity index (χ1n) is 9.06. The molecular formula is C20H22F3N3O. The van der Waals surface area contributed by atoms with Crippen molar-refractivity contribution in [3.05, 3.63) is 54.2 Å². The maximum absolute atomic E-state index is 13.3. The van der Waals surface area contributed by atoms with Crippen molar-refractivity contribution in [2.24, 2.45) is 0 Å². The van der Waals surface area contributed by atoms with Crippen molar-refractivity contribution in [2.45, 2.75) is 38.4 Å². The molecule has 144 valence electrons. The standard InChI is InChI=1S/C20H22F3N3O/c1-2-18(27)26(15-7-4-3-5-8-15)16-10-13-25(14-11-16)19-17(20(21,22)23)9-6-12-24-19/h3-9,12,16H,2,10-11,13-14H2,1H3. The molecule has 0 spiro atoms. The molecule has 1 amide bonds. The minimum absolute atomic E-state index is 0.0217. The molecule has 1 saturated heterocycles. The smallest absolute Gasteiger partial charge is 0.356 e. The summed E-state index contributed by atoms with van der Waals surface area (Å²) in [6, 6.07) is 11.8. The van der Waals surface area contributed by atoms with Crippen molar-refractivity contribution in [1.82, 2.24) is 4.98 Å². The Morgan fingerprint density at radius 2 is 1.81 bits per heavy atom. The molecule has 1 aliphatic heterocycles. The van der Waals surface area contributed by atoms with E-state index >= 15 is 0 Å². The quantitative estimate of drug-likeness (QED) is 0.787. The average molecular weight is 377 g/mol. The molecule has 0 atom stereocenters. The first kappa shape index (κ1) is 19.2. The maximum Gasteiger partial charge on any atom is 0.419 e. The number of alkyl halides is 3. The van der Waals surface area contributed by atoms with Gasteiger partial charge in [-0.2, -0.15) is 13.2 Å². The Balaban J connectivity index is 1.78. The molecule has 4 nitrogen and oxygen atoms in total. The fourth-order valence-corrected chi connectivity index (χ4v) is 3.52. The average Bonchev–Trinajstić information content (AvgIpc) is 2.69. The summed E-state index contributed by atoms with van der Waals surface area (Å²) in [6.07, 6.45) is -1.49. The van der Waals surface area contributed by atoms with Crippen LogP contribution in [0.5, 0.6) is 0 Å². The van der Waals surface area contributed by atoms with Crippen LogP contribution in [-0.2, 0) is 11.0 Å². The molecule has 1 aromatic heterocycles. The van der Waals surface area contributed by atoms with Crippen LogP contribution in [0.2, 0.25) is 0 Å². The van der Waals surface area contributed by atoms with Crippen LogP contribution in [-0.4, -0.2) is 30.0 Å². The summed E-state index contributed by atoms with van der Waals surface area (Å²) in [5.74, 6) is -0.00926.